The summed E-state index contributed by atoms with van der Waals surface area (Å²) in [6.07, 6.45) is 14.8. The molecule has 0 radical (unpaired) electrons. The molecule has 3 unspecified atom stereocenters. The highest BCUT2D eigenvalue weighted by Crippen LogP contribution is 2.74. The summed E-state index contributed by atoms with van der Waals surface area (Å²) in [7, 11) is 0. The van der Waals surface area contributed by atoms with Gasteiger partial charge in [-0.1, -0.05) is 53.2 Å². The Bertz CT molecular complexity index is 1380. The fourth-order valence-corrected chi connectivity index (χ4v) is 10.5. The molecule has 6 heteroatoms. The van der Waals surface area contributed by atoms with Crippen molar-refractivity contribution < 1.29 is 14.4 Å². The van der Waals surface area contributed by atoms with E-state index < -0.39 is 16.2 Å². The van der Waals surface area contributed by atoms with E-state index in [9.17, 15) is 19.6 Å². The predicted molar refractivity (Wildman–Crippen MR) is 147 cm³/mol. The van der Waals surface area contributed by atoms with Crippen LogP contribution in [-0.2, 0) is 9.59 Å². The summed E-state index contributed by atoms with van der Waals surface area (Å²) < 4.78 is 1.64. The van der Waals surface area contributed by atoms with Gasteiger partial charge in [0, 0.05) is 29.1 Å². The van der Waals surface area contributed by atoms with Crippen LogP contribution in [0.15, 0.2) is 42.0 Å². The zero-order valence-electron chi connectivity index (χ0n) is 24.2. The minimum absolute atomic E-state index is 0.0165. The SMILES string of the molecule is C[C@H]1CC[C@]2(C(=O)n3ccnc3)CC[C@]3(C)C(C(=O)C=C4[C@@]5(C)C=C(C#N)C(=O)C(C)(C)C5CC[C@]43C)C2C1. The van der Waals surface area contributed by atoms with Crippen LogP contribution >= 0.6 is 0 Å². The van der Waals surface area contributed by atoms with Gasteiger partial charge in [-0.05, 0) is 79.6 Å². The Morgan fingerprint density at radius 2 is 1.82 bits per heavy atom. The van der Waals surface area contributed by atoms with E-state index in [-0.39, 0.29) is 51.6 Å². The molecular weight excluding hydrogens is 486 g/mol. The van der Waals surface area contributed by atoms with Crippen molar-refractivity contribution in [2.45, 2.75) is 86.5 Å². The Morgan fingerprint density at radius 1 is 1.08 bits per heavy atom. The van der Waals surface area contributed by atoms with E-state index in [1.165, 1.54) is 0 Å². The van der Waals surface area contributed by atoms with Gasteiger partial charge >= 0.3 is 0 Å². The maximum absolute atomic E-state index is 14.5. The van der Waals surface area contributed by atoms with Crippen LogP contribution in [0.25, 0.3) is 0 Å². The minimum atomic E-state index is -0.671. The Labute approximate surface area is 231 Å². The molecule has 1 aromatic rings. The second-order valence-corrected chi connectivity index (χ2v) is 14.7. The van der Waals surface area contributed by atoms with Crippen LogP contribution in [-0.4, -0.2) is 27.0 Å². The third-order valence-corrected chi connectivity index (χ3v) is 12.7. The predicted octanol–water partition coefficient (Wildman–Crippen LogP) is 6.35. The first-order valence-corrected chi connectivity index (χ1v) is 14.7. The number of aromatic nitrogens is 2. The maximum atomic E-state index is 14.5. The normalized spacial score (nSPS) is 44.5. The summed E-state index contributed by atoms with van der Waals surface area (Å²) in [4.78, 5) is 46.0. The molecule has 8 atom stereocenters. The smallest absolute Gasteiger partial charge is 0.238 e. The molecule has 206 valence electrons. The number of hydrogen-bond donors (Lipinski definition) is 0. The zero-order chi connectivity index (χ0) is 28.2. The van der Waals surface area contributed by atoms with Crippen LogP contribution in [0, 0.1) is 62.1 Å². The van der Waals surface area contributed by atoms with Gasteiger partial charge in [0.05, 0.1) is 11.0 Å². The summed E-state index contributed by atoms with van der Waals surface area (Å²) in [5.74, 6) is 0.393. The number of hydrogen-bond acceptors (Lipinski definition) is 5. The Kier molecular flexibility index (Phi) is 5.50. The summed E-state index contributed by atoms with van der Waals surface area (Å²) in [6.45, 7) is 13.0. The molecule has 3 saturated carbocycles. The number of rotatable bonds is 1. The van der Waals surface area contributed by atoms with Crippen molar-refractivity contribution in [2.24, 2.45) is 50.7 Å². The van der Waals surface area contributed by atoms with E-state index in [0.29, 0.717) is 5.92 Å². The number of nitriles is 1. The molecule has 0 saturated heterocycles. The van der Waals surface area contributed by atoms with Gasteiger partial charge in [-0.25, -0.2) is 4.98 Å². The van der Waals surface area contributed by atoms with E-state index in [0.717, 1.165) is 50.5 Å². The van der Waals surface area contributed by atoms with Gasteiger partial charge in [-0.3, -0.25) is 19.0 Å². The van der Waals surface area contributed by atoms with Crippen LogP contribution in [0.3, 0.4) is 0 Å². The molecular formula is C33H41N3O3. The molecule has 0 N–H and O–H groups in total. The summed E-state index contributed by atoms with van der Waals surface area (Å²) in [5.41, 5.74) is -1.03. The van der Waals surface area contributed by atoms with Crippen molar-refractivity contribution in [3.63, 3.8) is 0 Å². The lowest BCUT2D eigenvalue weighted by atomic mass is 9.34. The number of carbonyl (C=O) groups excluding carboxylic acids is 3. The van der Waals surface area contributed by atoms with Gasteiger partial charge in [-0.2, -0.15) is 5.26 Å². The molecule has 0 amide bonds. The van der Waals surface area contributed by atoms with Crippen molar-refractivity contribution >= 4 is 17.5 Å². The molecule has 1 aromatic heterocycles. The van der Waals surface area contributed by atoms with Gasteiger partial charge < -0.3 is 0 Å². The van der Waals surface area contributed by atoms with Crippen molar-refractivity contribution in [1.82, 2.24) is 9.55 Å². The van der Waals surface area contributed by atoms with Crippen LogP contribution in [0.2, 0.25) is 0 Å². The quantitative estimate of drug-likeness (QED) is 0.424. The Morgan fingerprint density at radius 3 is 2.49 bits per heavy atom. The average molecular weight is 528 g/mol. The first kappa shape index (κ1) is 26.4. The Hall–Kier alpha value is -2.81. The van der Waals surface area contributed by atoms with Crippen molar-refractivity contribution in [3.05, 3.63) is 42.0 Å². The highest BCUT2D eigenvalue weighted by atomic mass is 16.2. The number of imidazole rings is 1. The molecule has 5 aliphatic rings. The van der Waals surface area contributed by atoms with Gasteiger partial charge in [0.1, 0.15) is 12.4 Å². The van der Waals surface area contributed by atoms with Crippen molar-refractivity contribution in [2.75, 3.05) is 0 Å². The molecule has 1 heterocycles. The molecule has 6 rings (SSSR count). The second-order valence-electron chi connectivity index (χ2n) is 14.7. The minimum Gasteiger partial charge on any atom is -0.295 e. The lowest BCUT2D eigenvalue weighted by molar-refractivity contribution is -0.161. The standard InChI is InChI=1S/C33H41N3O3/c1-20-7-10-33(28(39)36-14-13-35-19-36)12-11-32(6)26(22(33)15-20)23(37)16-25-30(4)17-21(18-34)27(38)29(2,3)24(30)8-9-31(25,32)5/h13-14,16-17,19-20,22,24,26H,7-12,15H2,1-6H3/t20-,22?,24?,26?,30-,31+,32+,33-/m0/s1. The van der Waals surface area contributed by atoms with Crippen molar-refractivity contribution in [3.8, 4) is 6.07 Å². The zero-order valence-corrected chi connectivity index (χ0v) is 24.2. The van der Waals surface area contributed by atoms with Crippen LogP contribution in [0.1, 0.15) is 91.3 Å². The number of Topliss-reactive ketones (excluding diaryl/α,β-unsaturated/α-hetero) is 1. The monoisotopic (exact) mass is 527 g/mol. The average Bonchev–Trinajstić information content (AvgIpc) is 3.42. The number of fused-ring (bicyclic) bond motifs is 7. The van der Waals surface area contributed by atoms with Crippen LogP contribution in [0.5, 0.6) is 0 Å². The summed E-state index contributed by atoms with van der Waals surface area (Å²) in [5, 5.41) is 9.90. The summed E-state index contributed by atoms with van der Waals surface area (Å²) >= 11 is 0. The highest BCUT2D eigenvalue weighted by molar-refractivity contribution is 6.04. The molecule has 0 spiro atoms. The first-order valence-electron chi connectivity index (χ1n) is 14.7. The third kappa shape index (κ3) is 3.14. The highest BCUT2D eigenvalue weighted by Gasteiger charge is 2.70. The molecule has 0 aliphatic heterocycles. The maximum Gasteiger partial charge on any atom is 0.238 e. The third-order valence-electron chi connectivity index (χ3n) is 12.7. The van der Waals surface area contributed by atoms with E-state index in [2.05, 4.69) is 38.7 Å². The lowest BCUT2D eigenvalue weighted by Gasteiger charge is -2.68. The van der Waals surface area contributed by atoms with Gasteiger partial charge in [0.15, 0.2) is 11.6 Å². The van der Waals surface area contributed by atoms with Crippen LogP contribution < -0.4 is 0 Å². The number of ketones is 2. The largest absolute Gasteiger partial charge is 0.295 e. The molecule has 6 nitrogen and oxygen atoms in total. The molecule has 0 bridgehead atoms. The van der Waals surface area contributed by atoms with E-state index in [1.807, 2.05) is 26.0 Å². The first-order chi connectivity index (χ1) is 18.3. The van der Waals surface area contributed by atoms with E-state index in [4.69, 9.17) is 0 Å². The molecule has 5 aliphatic carbocycles. The van der Waals surface area contributed by atoms with Gasteiger partial charge in [-0.15, -0.1) is 0 Å². The fraction of sp³-hybridized carbons (Fsp3) is 0.667. The lowest BCUT2D eigenvalue weighted by Crippen LogP contribution is -2.65. The number of nitrogens with zero attached hydrogens (tertiary/aromatic N) is 3. The van der Waals surface area contributed by atoms with Gasteiger partial charge in [0.25, 0.3) is 0 Å². The second kappa shape index (κ2) is 8.12. The number of allylic oxidation sites excluding steroid dienone is 4. The van der Waals surface area contributed by atoms with Crippen LogP contribution in [0.4, 0.5) is 0 Å². The van der Waals surface area contributed by atoms with Gasteiger partial charge in [0.2, 0.25) is 5.91 Å². The van der Waals surface area contributed by atoms with E-state index in [1.54, 1.807) is 23.3 Å². The fourth-order valence-electron chi connectivity index (χ4n) is 10.5. The van der Waals surface area contributed by atoms with E-state index >= 15 is 0 Å². The summed E-state index contributed by atoms with van der Waals surface area (Å²) in [6, 6.07) is 2.18. The molecule has 0 aromatic carbocycles. The number of carbonyl (C=O) groups is 3. The van der Waals surface area contributed by atoms with Crippen molar-refractivity contribution in [1.29, 1.82) is 5.26 Å². The molecule has 3 fully saturated rings. The topological polar surface area (TPSA) is 92.8 Å². The Balaban J connectivity index is 1.51. The molecule has 39 heavy (non-hydrogen) atoms.